The van der Waals surface area contributed by atoms with E-state index in [2.05, 4.69) is 42.7 Å². The normalized spacial score (nSPS) is 26.1. The monoisotopic (exact) mass is 450 g/mol. The zero-order chi connectivity index (χ0) is 23.2. The largest absolute Gasteiger partial charge is 0.392 e. The lowest BCUT2D eigenvalue weighted by molar-refractivity contribution is -0.276. The summed E-state index contributed by atoms with van der Waals surface area (Å²) in [6.07, 6.45) is 6.62. The van der Waals surface area contributed by atoms with Crippen molar-refractivity contribution in [1.29, 1.82) is 0 Å². The van der Waals surface area contributed by atoms with E-state index < -0.39 is 6.29 Å². The van der Waals surface area contributed by atoms with E-state index in [1.165, 1.54) is 25.7 Å². The van der Waals surface area contributed by atoms with Gasteiger partial charge in [-0.05, 0) is 29.5 Å². The number of ether oxygens (including phenoxy) is 2. The molecule has 1 heterocycles. The van der Waals surface area contributed by atoms with E-state index in [1.54, 1.807) is 0 Å². The number of hydrogen-bond acceptors (Lipinski definition) is 5. The molecule has 0 spiro atoms. The average Bonchev–Trinajstić information content (AvgIpc) is 3.40. The molecule has 4 rings (SSSR count). The highest BCUT2D eigenvalue weighted by atomic mass is 16.7. The Hall–Kier alpha value is -2.02. The first kappa shape index (κ1) is 24.1. The Bertz CT molecular complexity index is 877. The summed E-state index contributed by atoms with van der Waals surface area (Å²) in [6, 6.07) is 16.9. The van der Waals surface area contributed by atoms with Crippen molar-refractivity contribution in [3.05, 3.63) is 83.4 Å². The molecule has 4 atom stereocenters. The van der Waals surface area contributed by atoms with Crippen molar-refractivity contribution in [3.63, 3.8) is 0 Å². The molecule has 0 bridgehead atoms. The van der Waals surface area contributed by atoms with Crippen LogP contribution in [0.2, 0.25) is 0 Å². The highest BCUT2D eigenvalue weighted by molar-refractivity contribution is 5.27. The third kappa shape index (κ3) is 5.73. The summed E-state index contributed by atoms with van der Waals surface area (Å²) in [6.45, 7) is 8.53. The molecule has 1 aliphatic carbocycles. The number of aliphatic hydroxyl groups excluding tert-OH is 1. The Morgan fingerprint density at radius 3 is 2.24 bits per heavy atom. The van der Waals surface area contributed by atoms with Crippen molar-refractivity contribution < 1.29 is 14.6 Å². The van der Waals surface area contributed by atoms with Crippen LogP contribution in [0, 0.1) is 5.92 Å². The number of nitrogens with zero attached hydrogens (tertiary/aromatic N) is 1. The number of hydrogen-bond donors (Lipinski definition) is 2. The molecule has 1 saturated heterocycles. The van der Waals surface area contributed by atoms with Gasteiger partial charge < -0.3 is 20.3 Å². The number of nitrogens with two attached hydrogens (primary N) is 1. The highest BCUT2D eigenvalue weighted by Crippen LogP contribution is 2.42. The maximum Gasteiger partial charge on any atom is 0.184 e. The molecule has 1 saturated carbocycles. The molecule has 3 N–H and O–H groups in total. The topological polar surface area (TPSA) is 68.0 Å². The molecule has 2 aliphatic rings. The van der Waals surface area contributed by atoms with E-state index in [4.69, 9.17) is 15.2 Å². The minimum absolute atomic E-state index is 0.0287. The minimum Gasteiger partial charge on any atom is -0.392 e. The van der Waals surface area contributed by atoms with Gasteiger partial charge in [0.1, 0.15) is 0 Å². The molecule has 0 radical (unpaired) electrons. The van der Waals surface area contributed by atoms with E-state index in [-0.39, 0.29) is 24.7 Å². The molecule has 2 fully saturated rings. The predicted molar refractivity (Wildman–Crippen MR) is 131 cm³/mol. The highest BCUT2D eigenvalue weighted by Gasteiger charge is 2.40. The van der Waals surface area contributed by atoms with Crippen molar-refractivity contribution in [1.82, 2.24) is 4.90 Å². The molecule has 2 aromatic rings. The van der Waals surface area contributed by atoms with E-state index in [0.717, 1.165) is 35.3 Å². The van der Waals surface area contributed by atoms with E-state index in [0.29, 0.717) is 12.6 Å². The van der Waals surface area contributed by atoms with Crippen molar-refractivity contribution >= 4 is 0 Å². The Balaban J connectivity index is 1.60. The van der Waals surface area contributed by atoms with Gasteiger partial charge >= 0.3 is 0 Å². The second kappa shape index (κ2) is 11.4. The molecule has 0 amide bonds. The van der Waals surface area contributed by atoms with Gasteiger partial charge in [-0.2, -0.15) is 0 Å². The quantitative estimate of drug-likeness (QED) is 0.534. The Kier molecular flexibility index (Phi) is 8.34. The van der Waals surface area contributed by atoms with Crippen molar-refractivity contribution in [2.45, 2.75) is 70.3 Å². The van der Waals surface area contributed by atoms with Gasteiger partial charge in [0.2, 0.25) is 0 Å². The molecule has 0 unspecified atom stereocenters. The maximum atomic E-state index is 9.45. The standard InChI is InChI=1S/C28H38N2O3/c1-3-16-30(25-6-4-5-7-25)18-26-20(2)27(23-12-10-22(19-31)11-13-23)33-28(32-26)24-14-8-21(17-29)9-15-24/h3,8-15,20,25-28,31H,1,4-7,16-19,29H2,2H3/t20-,26+,27+,28+/m0/s1. The van der Waals surface area contributed by atoms with Gasteiger partial charge in [-0.1, -0.05) is 74.4 Å². The first-order valence-electron chi connectivity index (χ1n) is 12.3. The van der Waals surface area contributed by atoms with Crippen LogP contribution in [0.4, 0.5) is 0 Å². The summed E-state index contributed by atoms with van der Waals surface area (Å²) < 4.78 is 13.2. The zero-order valence-electron chi connectivity index (χ0n) is 19.7. The maximum absolute atomic E-state index is 9.45. The predicted octanol–water partition coefficient (Wildman–Crippen LogP) is 4.86. The third-order valence-electron chi connectivity index (χ3n) is 7.23. The second-order valence-electron chi connectivity index (χ2n) is 9.45. The SMILES string of the molecule is C=CCN(C[C@H]1O[C@@H](c2ccc(CN)cc2)O[C@@H](c2ccc(CO)cc2)[C@H]1C)C1CCCC1. The summed E-state index contributed by atoms with van der Waals surface area (Å²) in [7, 11) is 0. The van der Waals surface area contributed by atoms with Gasteiger partial charge in [-0.15, -0.1) is 6.58 Å². The van der Waals surface area contributed by atoms with E-state index >= 15 is 0 Å². The van der Waals surface area contributed by atoms with Crippen molar-refractivity contribution in [3.8, 4) is 0 Å². The van der Waals surface area contributed by atoms with Crippen molar-refractivity contribution in [2.24, 2.45) is 11.7 Å². The van der Waals surface area contributed by atoms with Crippen LogP contribution in [0.5, 0.6) is 0 Å². The minimum atomic E-state index is -0.435. The van der Waals surface area contributed by atoms with Crippen molar-refractivity contribution in [2.75, 3.05) is 13.1 Å². The van der Waals surface area contributed by atoms with Crippen LogP contribution in [0.3, 0.4) is 0 Å². The van der Waals surface area contributed by atoms with Gasteiger partial charge in [-0.3, -0.25) is 4.90 Å². The molecular formula is C28H38N2O3. The molecular weight excluding hydrogens is 412 g/mol. The second-order valence-corrected chi connectivity index (χ2v) is 9.45. The molecule has 0 aromatic heterocycles. The summed E-state index contributed by atoms with van der Waals surface area (Å²) in [5.74, 6) is 0.179. The molecule has 5 heteroatoms. The third-order valence-corrected chi connectivity index (χ3v) is 7.23. The van der Waals surface area contributed by atoms with Crippen LogP contribution in [-0.2, 0) is 22.6 Å². The van der Waals surface area contributed by atoms with Crippen LogP contribution in [0.15, 0.2) is 61.2 Å². The van der Waals surface area contributed by atoms with Crippen LogP contribution < -0.4 is 5.73 Å². The van der Waals surface area contributed by atoms with Gasteiger partial charge in [0.15, 0.2) is 6.29 Å². The summed E-state index contributed by atoms with van der Waals surface area (Å²) in [5.41, 5.74) is 9.92. The van der Waals surface area contributed by atoms with Gasteiger partial charge in [-0.25, -0.2) is 0 Å². The lowest BCUT2D eigenvalue weighted by Gasteiger charge is -2.43. The fourth-order valence-electron chi connectivity index (χ4n) is 5.18. The lowest BCUT2D eigenvalue weighted by Crippen LogP contribution is -2.47. The molecule has 178 valence electrons. The zero-order valence-corrected chi connectivity index (χ0v) is 19.7. The number of rotatable bonds is 9. The van der Waals surface area contributed by atoms with Crippen LogP contribution >= 0.6 is 0 Å². The number of benzene rings is 2. The smallest absolute Gasteiger partial charge is 0.184 e. The Labute approximate surface area is 198 Å². The first-order valence-corrected chi connectivity index (χ1v) is 12.3. The van der Waals surface area contributed by atoms with Gasteiger partial charge in [0.05, 0.1) is 18.8 Å². The van der Waals surface area contributed by atoms with E-state index in [9.17, 15) is 5.11 Å². The Morgan fingerprint density at radius 1 is 1.00 bits per heavy atom. The molecule has 5 nitrogen and oxygen atoms in total. The van der Waals surface area contributed by atoms with E-state index in [1.807, 2.05) is 30.3 Å². The Morgan fingerprint density at radius 2 is 1.64 bits per heavy atom. The molecule has 33 heavy (non-hydrogen) atoms. The summed E-state index contributed by atoms with van der Waals surface area (Å²) in [5, 5.41) is 9.45. The first-order chi connectivity index (χ1) is 16.1. The molecule has 2 aromatic carbocycles. The summed E-state index contributed by atoms with van der Waals surface area (Å²) in [4.78, 5) is 2.55. The average molecular weight is 451 g/mol. The van der Waals surface area contributed by atoms with Crippen LogP contribution in [0.1, 0.15) is 67.3 Å². The fraction of sp³-hybridized carbons (Fsp3) is 0.500. The molecule has 1 aliphatic heterocycles. The van der Waals surface area contributed by atoms with Gasteiger partial charge in [0.25, 0.3) is 0 Å². The summed E-state index contributed by atoms with van der Waals surface area (Å²) >= 11 is 0. The fourth-order valence-corrected chi connectivity index (χ4v) is 5.18. The lowest BCUT2D eigenvalue weighted by atomic mass is 9.89. The van der Waals surface area contributed by atoms with Crippen LogP contribution in [-0.4, -0.2) is 35.2 Å². The van der Waals surface area contributed by atoms with Gasteiger partial charge in [0, 0.05) is 37.2 Å². The van der Waals surface area contributed by atoms with Crippen LogP contribution in [0.25, 0.3) is 0 Å². The number of aliphatic hydroxyl groups is 1.